The zero-order chi connectivity index (χ0) is 18.1. The number of aromatic nitrogens is 1. The second-order valence-corrected chi connectivity index (χ2v) is 6.47. The molecule has 0 saturated heterocycles. The highest BCUT2D eigenvalue weighted by Gasteiger charge is 2.21. The Bertz CT molecular complexity index is 1040. The largest absolute Gasteiger partial charge is 0.463 e. The van der Waals surface area contributed by atoms with Gasteiger partial charge in [-0.15, -0.1) is 0 Å². The summed E-state index contributed by atoms with van der Waals surface area (Å²) in [5.41, 5.74) is 5.49. The van der Waals surface area contributed by atoms with Crippen LogP contribution >= 0.6 is 0 Å². The Balaban J connectivity index is 1.74. The third-order valence-corrected chi connectivity index (χ3v) is 4.65. The first-order valence-corrected chi connectivity index (χ1v) is 8.59. The molecule has 0 N–H and O–H groups in total. The number of hydrogen-bond donors (Lipinski definition) is 0. The number of benzene rings is 2. The van der Waals surface area contributed by atoms with Crippen LogP contribution < -0.4 is 4.90 Å². The van der Waals surface area contributed by atoms with Gasteiger partial charge in [0.15, 0.2) is 5.58 Å². The number of hydrogen-bond acceptors (Lipinski definition) is 2. The molecule has 4 nitrogen and oxygen atoms in total. The summed E-state index contributed by atoms with van der Waals surface area (Å²) >= 11 is 0. The monoisotopic (exact) mass is 344 g/mol. The number of furan rings is 1. The van der Waals surface area contributed by atoms with Gasteiger partial charge in [-0.25, -0.2) is 0 Å². The molecule has 0 aliphatic rings. The van der Waals surface area contributed by atoms with E-state index in [9.17, 15) is 4.79 Å². The number of anilines is 1. The number of aryl methyl sites for hydroxylation is 1. The molecule has 0 radical (unpaired) electrons. The molecule has 1 amide bonds. The van der Waals surface area contributed by atoms with Crippen molar-refractivity contribution in [2.75, 3.05) is 11.9 Å². The second-order valence-electron chi connectivity index (χ2n) is 6.47. The average molecular weight is 344 g/mol. The molecule has 2 heterocycles. The maximum atomic E-state index is 13.1. The first kappa shape index (κ1) is 16.2. The second kappa shape index (κ2) is 6.56. The zero-order valence-electron chi connectivity index (χ0n) is 14.8. The van der Waals surface area contributed by atoms with Gasteiger partial charge in [-0.3, -0.25) is 4.79 Å². The Hall–Kier alpha value is -3.27. The molecule has 0 unspecified atom stereocenters. The lowest BCUT2D eigenvalue weighted by molar-refractivity contribution is 0.0985. The van der Waals surface area contributed by atoms with E-state index >= 15 is 0 Å². The number of amides is 1. The topological polar surface area (TPSA) is 38.4 Å². The summed E-state index contributed by atoms with van der Waals surface area (Å²) in [4.78, 5) is 14.8. The summed E-state index contributed by atoms with van der Waals surface area (Å²) in [5.74, 6) is -0.0605. The average Bonchev–Trinajstić information content (AvgIpc) is 3.25. The highest BCUT2D eigenvalue weighted by atomic mass is 16.3. The Morgan fingerprint density at radius 3 is 2.50 bits per heavy atom. The highest BCUT2D eigenvalue weighted by Crippen LogP contribution is 2.25. The molecule has 0 fully saturated rings. The van der Waals surface area contributed by atoms with Crippen LogP contribution in [0, 0.1) is 6.92 Å². The maximum absolute atomic E-state index is 13.1. The normalized spacial score (nSPS) is 11.0. The van der Waals surface area contributed by atoms with Crippen molar-refractivity contribution in [1.82, 2.24) is 4.57 Å². The summed E-state index contributed by atoms with van der Waals surface area (Å²) in [6.07, 6.45) is 1.66. The van der Waals surface area contributed by atoms with E-state index in [1.807, 2.05) is 47.0 Å². The van der Waals surface area contributed by atoms with Crippen LogP contribution in [0.4, 0.5) is 5.69 Å². The molecule has 4 heteroatoms. The molecule has 4 rings (SSSR count). The van der Waals surface area contributed by atoms with Crippen LogP contribution in [0.5, 0.6) is 0 Å². The van der Waals surface area contributed by atoms with Gasteiger partial charge in [-0.2, -0.15) is 0 Å². The number of rotatable bonds is 4. The quantitative estimate of drug-likeness (QED) is 0.530. The third kappa shape index (κ3) is 2.90. The predicted octanol–water partition coefficient (Wildman–Crippen LogP) is 4.87. The number of carbonyl (C=O) groups excluding carboxylic acids is 1. The standard InChI is InChI=1S/C22H20N2O2/c1-16-8-10-17(11-9-16)15-24-19-12-13-26-21(19)14-20(24)22(25)23(2)18-6-4-3-5-7-18/h3-14H,15H2,1-2H3. The molecule has 0 spiro atoms. The fourth-order valence-corrected chi connectivity index (χ4v) is 3.14. The molecule has 2 aromatic carbocycles. The van der Waals surface area contributed by atoms with Crippen LogP contribution in [0.15, 0.2) is 77.4 Å². The van der Waals surface area contributed by atoms with E-state index in [4.69, 9.17) is 4.42 Å². The van der Waals surface area contributed by atoms with Crippen molar-refractivity contribution < 1.29 is 9.21 Å². The number of fused-ring (bicyclic) bond motifs is 1. The minimum atomic E-state index is -0.0605. The molecule has 0 saturated carbocycles. The first-order chi connectivity index (χ1) is 12.6. The Kier molecular flexibility index (Phi) is 4.09. The number of para-hydroxylation sites is 1. The summed E-state index contributed by atoms with van der Waals surface area (Å²) < 4.78 is 7.56. The van der Waals surface area contributed by atoms with Crippen LogP contribution in [0.25, 0.3) is 11.1 Å². The molecule has 2 aromatic heterocycles. The first-order valence-electron chi connectivity index (χ1n) is 8.59. The van der Waals surface area contributed by atoms with Crippen molar-refractivity contribution in [2.24, 2.45) is 0 Å². The van der Waals surface area contributed by atoms with E-state index < -0.39 is 0 Å². The lowest BCUT2D eigenvalue weighted by Gasteiger charge is -2.19. The van der Waals surface area contributed by atoms with Gasteiger partial charge in [0.05, 0.1) is 11.8 Å². The van der Waals surface area contributed by atoms with Crippen LogP contribution in [-0.4, -0.2) is 17.5 Å². The molecule has 0 bridgehead atoms. The molecule has 0 atom stereocenters. The van der Waals surface area contributed by atoms with Crippen molar-refractivity contribution in [3.63, 3.8) is 0 Å². The van der Waals surface area contributed by atoms with Crippen molar-refractivity contribution in [2.45, 2.75) is 13.5 Å². The zero-order valence-corrected chi connectivity index (χ0v) is 14.8. The van der Waals surface area contributed by atoms with Crippen molar-refractivity contribution >= 4 is 22.7 Å². The van der Waals surface area contributed by atoms with E-state index in [1.54, 1.807) is 18.2 Å². The van der Waals surface area contributed by atoms with Crippen molar-refractivity contribution in [3.05, 3.63) is 89.8 Å². The fraction of sp³-hybridized carbons (Fsp3) is 0.136. The molecule has 26 heavy (non-hydrogen) atoms. The van der Waals surface area contributed by atoms with E-state index in [1.165, 1.54) is 5.56 Å². The maximum Gasteiger partial charge on any atom is 0.274 e. The van der Waals surface area contributed by atoms with Gasteiger partial charge < -0.3 is 13.9 Å². The van der Waals surface area contributed by atoms with Gasteiger partial charge in [0.25, 0.3) is 5.91 Å². The van der Waals surface area contributed by atoms with Crippen LogP contribution in [0.1, 0.15) is 21.6 Å². The summed E-state index contributed by atoms with van der Waals surface area (Å²) in [6.45, 7) is 2.69. The Labute approximate surface area is 152 Å². The van der Waals surface area contributed by atoms with Gasteiger partial charge in [-0.1, -0.05) is 48.0 Å². The van der Waals surface area contributed by atoms with Gasteiger partial charge in [0.2, 0.25) is 0 Å². The van der Waals surface area contributed by atoms with E-state index in [2.05, 4.69) is 31.2 Å². The van der Waals surface area contributed by atoms with Crippen molar-refractivity contribution in [1.29, 1.82) is 0 Å². The lowest BCUT2D eigenvalue weighted by atomic mass is 10.1. The molecule has 0 aliphatic heterocycles. The fourth-order valence-electron chi connectivity index (χ4n) is 3.14. The minimum Gasteiger partial charge on any atom is -0.463 e. The summed E-state index contributed by atoms with van der Waals surface area (Å²) in [5, 5.41) is 0. The molecular formula is C22H20N2O2. The molecule has 0 aliphatic carbocycles. The SMILES string of the molecule is Cc1ccc(Cn2c(C(=O)N(C)c3ccccc3)cc3occc32)cc1. The van der Waals surface area contributed by atoms with E-state index in [0.29, 0.717) is 12.2 Å². The van der Waals surface area contributed by atoms with Crippen LogP contribution in [0.2, 0.25) is 0 Å². The minimum absolute atomic E-state index is 0.0605. The van der Waals surface area contributed by atoms with Gasteiger partial charge in [0.1, 0.15) is 5.69 Å². The van der Waals surface area contributed by atoms with Gasteiger partial charge in [-0.05, 0) is 24.6 Å². The lowest BCUT2D eigenvalue weighted by Crippen LogP contribution is -2.28. The van der Waals surface area contributed by atoms with E-state index in [0.717, 1.165) is 22.4 Å². The van der Waals surface area contributed by atoms with Crippen molar-refractivity contribution in [3.8, 4) is 0 Å². The van der Waals surface area contributed by atoms with Gasteiger partial charge in [0, 0.05) is 31.4 Å². The predicted molar refractivity (Wildman–Crippen MR) is 104 cm³/mol. The highest BCUT2D eigenvalue weighted by molar-refractivity contribution is 6.07. The number of carbonyl (C=O) groups is 1. The summed E-state index contributed by atoms with van der Waals surface area (Å²) in [7, 11) is 1.79. The smallest absolute Gasteiger partial charge is 0.274 e. The van der Waals surface area contributed by atoms with Crippen LogP contribution in [0.3, 0.4) is 0 Å². The summed E-state index contributed by atoms with van der Waals surface area (Å²) in [6, 6.07) is 21.7. The number of nitrogens with zero attached hydrogens (tertiary/aromatic N) is 2. The van der Waals surface area contributed by atoms with Gasteiger partial charge >= 0.3 is 0 Å². The molecular weight excluding hydrogens is 324 g/mol. The Morgan fingerprint density at radius 1 is 1.04 bits per heavy atom. The Morgan fingerprint density at radius 2 is 1.77 bits per heavy atom. The third-order valence-electron chi connectivity index (χ3n) is 4.65. The molecule has 130 valence electrons. The van der Waals surface area contributed by atoms with Crippen LogP contribution in [-0.2, 0) is 6.54 Å². The molecule has 4 aromatic rings. The van der Waals surface area contributed by atoms with E-state index in [-0.39, 0.29) is 5.91 Å².